The summed E-state index contributed by atoms with van der Waals surface area (Å²) in [6, 6.07) is 15.4. The van der Waals surface area contributed by atoms with Gasteiger partial charge >= 0.3 is 0 Å². The fourth-order valence-electron chi connectivity index (χ4n) is 3.44. The van der Waals surface area contributed by atoms with E-state index in [9.17, 15) is 0 Å². The minimum absolute atomic E-state index is 0.184. The van der Waals surface area contributed by atoms with Gasteiger partial charge in [-0.15, -0.1) is 0 Å². The molecule has 2 N–H and O–H groups in total. The summed E-state index contributed by atoms with van der Waals surface area (Å²) < 4.78 is 0. The molecule has 3 rings (SSSR count). The van der Waals surface area contributed by atoms with E-state index < -0.39 is 0 Å². The minimum Gasteiger partial charge on any atom is -0.321 e. The van der Waals surface area contributed by atoms with Gasteiger partial charge in [0.25, 0.3) is 0 Å². The Kier molecular flexibility index (Phi) is 2.94. The number of nitrogens with two attached hydrogens (primary N) is 1. The number of hydrogen-bond acceptors (Lipinski definition) is 1. The van der Waals surface area contributed by atoms with Crippen LogP contribution < -0.4 is 5.73 Å². The Labute approximate surface area is 115 Å². The lowest BCUT2D eigenvalue weighted by molar-refractivity contribution is 0.439. The van der Waals surface area contributed by atoms with Crippen molar-refractivity contribution in [2.75, 3.05) is 0 Å². The maximum atomic E-state index is 6.70. The van der Waals surface area contributed by atoms with Gasteiger partial charge in [-0.05, 0) is 49.8 Å². The number of benzene rings is 2. The van der Waals surface area contributed by atoms with Crippen LogP contribution in [0.5, 0.6) is 0 Å². The molecule has 0 amide bonds. The van der Waals surface area contributed by atoms with Gasteiger partial charge in [-0.2, -0.15) is 0 Å². The molecule has 0 saturated carbocycles. The summed E-state index contributed by atoms with van der Waals surface area (Å²) in [5, 5.41) is 0. The Morgan fingerprint density at radius 1 is 1.05 bits per heavy atom. The van der Waals surface area contributed by atoms with Crippen LogP contribution in [0.1, 0.15) is 34.2 Å². The maximum Gasteiger partial charge on any atom is 0.0456 e. The van der Waals surface area contributed by atoms with Gasteiger partial charge in [-0.1, -0.05) is 53.6 Å². The Hall–Kier alpha value is -1.60. The average Bonchev–Trinajstić information content (AvgIpc) is 2.66. The van der Waals surface area contributed by atoms with Crippen molar-refractivity contribution in [3.8, 4) is 0 Å². The predicted molar refractivity (Wildman–Crippen MR) is 80.2 cm³/mol. The molecule has 1 nitrogen and oxygen atoms in total. The molecule has 0 spiro atoms. The molecule has 0 heterocycles. The van der Waals surface area contributed by atoms with Gasteiger partial charge in [-0.25, -0.2) is 0 Å². The number of fused-ring (bicyclic) bond motifs is 1. The fraction of sp³-hybridized carbons (Fsp3) is 0.333. The topological polar surface area (TPSA) is 26.0 Å². The Morgan fingerprint density at radius 3 is 2.47 bits per heavy atom. The van der Waals surface area contributed by atoms with E-state index in [2.05, 4.69) is 56.3 Å². The molecule has 0 fully saturated rings. The van der Waals surface area contributed by atoms with E-state index in [0.717, 1.165) is 19.3 Å². The molecule has 0 aromatic heterocycles. The second-order valence-corrected chi connectivity index (χ2v) is 5.99. The van der Waals surface area contributed by atoms with Crippen molar-refractivity contribution in [3.05, 3.63) is 70.3 Å². The molecule has 1 heteroatoms. The van der Waals surface area contributed by atoms with E-state index in [0.29, 0.717) is 0 Å². The highest BCUT2D eigenvalue weighted by Gasteiger charge is 2.34. The smallest absolute Gasteiger partial charge is 0.0456 e. The summed E-state index contributed by atoms with van der Waals surface area (Å²) in [7, 11) is 0. The summed E-state index contributed by atoms with van der Waals surface area (Å²) in [5.41, 5.74) is 13.3. The lowest BCUT2D eigenvalue weighted by atomic mass is 9.85. The van der Waals surface area contributed by atoms with Crippen molar-refractivity contribution in [2.45, 2.75) is 38.6 Å². The highest BCUT2D eigenvalue weighted by Crippen LogP contribution is 2.37. The monoisotopic (exact) mass is 251 g/mol. The molecule has 1 unspecified atom stereocenters. The highest BCUT2D eigenvalue weighted by atomic mass is 14.8. The van der Waals surface area contributed by atoms with Gasteiger partial charge in [0.15, 0.2) is 0 Å². The van der Waals surface area contributed by atoms with E-state index in [1.165, 1.54) is 27.8 Å². The third-order valence-electron chi connectivity index (χ3n) is 4.20. The molecule has 1 atom stereocenters. The maximum absolute atomic E-state index is 6.70. The zero-order valence-corrected chi connectivity index (χ0v) is 11.7. The molecule has 2 aromatic rings. The van der Waals surface area contributed by atoms with Gasteiger partial charge < -0.3 is 5.73 Å². The first kappa shape index (κ1) is 12.4. The van der Waals surface area contributed by atoms with Crippen LogP contribution in [0.4, 0.5) is 0 Å². The SMILES string of the molecule is Cc1cc(C)cc(CC2(N)CCc3ccccc32)c1. The number of aryl methyl sites for hydroxylation is 3. The zero-order valence-electron chi connectivity index (χ0n) is 11.7. The molecule has 0 aliphatic heterocycles. The van der Waals surface area contributed by atoms with Crippen molar-refractivity contribution in [2.24, 2.45) is 5.73 Å². The predicted octanol–water partition coefficient (Wildman–Crippen LogP) is 3.65. The third-order valence-corrected chi connectivity index (χ3v) is 4.20. The van der Waals surface area contributed by atoms with Crippen LogP contribution in [0, 0.1) is 13.8 Å². The number of rotatable bonds is 2. The normalized spacial score (nSPS) is 21.4. The first-order valence-electron chi connectivity index (χ1n) is 7.01. The fourth-order valence-corrected chi connectivity index (χ4v) is 3.44. The molecule has 1 aliphatic rings. The van der Waals surface area contributed by atoms with Crippen molar-refractivity contribution in [1.29, 1.82) is 0 Å². The summed E-state index contributed by atoms with van der Waals surface area (Å²) in [5.74, 6) is 0. The van der Waals surface area contributed by atoms with E-state index in [1.54, 1.807) is 0 Å². The molecule has 0 bridgehead atoms. The van der Waals surface area contributed by atoms with Gasteiger partial charge in [0.05, 0.1) is 0 Å². The van der Waals surface area contributed by atoms with Gasteiger partial charge in [0.2, 0.25) is 0 Å². The molecule has 19 heavy (non-hydrogen) atoms. The van der Waals surface area contributed by atoms with Crippen molar-refractivity contribution >= 4 is 0 Å². The van der Waals surface area contributed by atoms with E-state index in [-0.39, 0.29) is 5.54 Å². The van der Waals surface area contributed by atoms with E-state index in [1.807, 2.05) is 0 Å². The Bertz CT molecular complexity index is 595. The van der Waals surface area contributed by atoms with Crippen LogP contribution in [-0.2, 0) is 18.4 Å². The molecular weight excluding hydrogens is 230 g/mol. The average molecular weight is 251 g/mol. The van der Waals surface area contributed by atoms with Crippen LogP contribution in [0.2, 0.25) is 0 Å². The summed E-state index contributed by atoms with van der Waals surface area (Å²) >= 11 is 0. The molecule has 2 aromatic carbocycles. The minimum atomic E-state index is -0.184. The van der Waals surface area contributed by atoms with Crippen LogP contribution in [-0.4, -0.2) is 0 Å². The summed E-state index contributed by atoms with van der Waals surface area (Å²) in [6.45, 7) is 4.31. The first-order valence-corrected chi connectivity index (χ1v) is 7.01. The largest absolute Gasteiger partial charge is 0.321 e. The second kappa shape index (κ2) is 4.50. The lowest BCUT2D eigenvalue weighted by Gasteiger charge is -2.26. The van der Waals surface area contributed by atoms with Gasteiger partial charge in [-0.3, -0.25) is 0 Å². The van der Waals surface area contributed by atoms with Crippen molar-refractivity contribution in [3.63, 3.8) is 0 Å². The van der Waals surface area contributed by atoms with E-state index >= 15 is 0 Å². The van der Waals surface area contributed by atoms with E-state index in [4.69, 9.17) is 5.73 Å². The lowest BCUT2D eigenvalue weighted by Crippen LogP contribution is -2.36. The standard InChI is InChI=1S/C18H21N/c1-13-9-14(2)11-15(10-13)12-18(19)8-7-16-5-3-4-6-17(16)18/h3-6,9-11H,7-8,12,19H2,1-2H3. The van der Waals surface area contributed by atoms with Crippen LogP contribution in [0.25, 0.3) is 0 Å². The molecule has 1 aliphatic carbocycles. The number of hydrogen-bond donors (Lipinski definition) is 1. The summed E-state index contributed by atoms with van der Waals surface area (Å²) in [6.07, 6.45) is 3.10. The highest BCUT2D eigenvalue weighted by molar-refractivity contribution is 5.41. The van der Waals surface area contributed by atoms with Crippen molar-refractivity contribution in [1.82, 2.24) is 0 Å². The van der Waals surface area contributed by atoms with Crippen LogP contribution in [0.15, 0.2) is 42.5 Å². The van der Waals surface area contributed by atoms with Gasteiger partial charge in [0.1, 0.15) is 0 Å². The van der Waals surface area contributed by atoms with Crippen LogP contribution >= 0.6 is 0 Å². The quantitative estimate of drug-likeness (QED) is 0.866. The molecule has 0 radical (unpaired) electrons. The Morgan fingerprint density at radius 2 is 1.74 bits per heavy atom. The van der Waals surface area contributed by atoms with Crippen molar-refractivity contribution < 1.29 is 0 Å². The Balaban J connectivity index is 1.95. The second-order valence-electron chi connectivity index (χ2n) is 5.99. The third kappa shape index (κ3) is 2.31. The van der Waals surface area contributed by atoms with Gasteiger partial charge in [0, 0.05) is 5.54 Å². The summed E-state index contributed by atoms with van der Waals surface area (Å²) in [4.78, 5) is 0. The molecular formula is C18H21N. The molecule has 0 saturated heterocycles. The molecule has 98 valence electrons. The first-order chi connectivity index (χ1) is 9.07. The van der Waals surface area contributed by atoms with Crippen LogP contribution in [0.3, 0.4) is 0 Å². The zero-order chi connectivity index (χ0) is 13.5.